The molecule has 0 nitrogen and oxygen atoms in total. The number of allylic oxidation sites excluding steroid dienone is 2. The highest BCUT2D eigenvalue weighted by Gasteiger charge is 2.46. The van der Waals surface area contributed by atoms with Crippen molar-refractivity contribution in [2.45, 2.75) is 44.4 Å². The van der Waals surface area contributed by atoms with Crippen LogP contribution in [0.3, 0.4) is 0 Å². The molecule has 0 fully saturated rings. The first kappa shape index (κ1) is 10.1. The third-order valence-electron chi connectivity index (χ3n) is 4.87. The molecule has 84 valence electrons. The Morgan fingerprint density at radius 2 is 2.12 bits per heavy atom. The lowest BCUT2D eigenvalue weighted by Crippen LogP contribution is -2.28. The van der Waals surface area contributed by atoms with E-state index >= 15 is 0 Å². The first-order chi connectivity index (χ1) is 7.77. The number of rotatable bonds is 1. The van der Waals surface area contributed by atoms with E-state index in [0.29, 0.717) is 5.41 Å². The third kappa shape index (κ3) is 1.16. The van der Waals surface area contributed by atoms with Gasteiger partial charge in [-0.2, -0.15) is 0 Å². The molecule has 2 aliphatic rings. The zero-order chi connectivity index (χ0) is 11.2. The van der Waals surface area contributed by atoms with Crippen molar-refractivity contribution in [1.29, 1.82) is 0 Å². The topological polar surface area (TPSA) is 0 Å². The van der Waals surface area contributed by atoms with Crippen molar-refractivity contribution in [3.05, 3.63) is 47.5 Å². The molecule has 0 saturated heterocycles. The van der Waals surface area contributed by atoms with Crippen molar-refractivity contribution in [3.8, 4) is 0 Å². The fraction of sp³-hybridized carbons (Fsp3) is 0.500. The lowest BCUT2D eigenvalue weighted by atomic mass is 9.70. The average Bonchev–Trinajstić information content (AvgIpc) is 2.62. The van der Waals surface area contributed by atoms with Crippen LogP contribution in [0.2, 0.25) is 0 Å². The average molecular weight is 212 g/mol. The minimum atomic E-state index is 0.373. The molecule has 0 aliphatic heterocycles. The van der Waals surface area contributed by atoms with Crippen LogP contribution in [-0.2, 0) is 5.41 Å². The van der Waals surface area contributed by atoms with Gasteiger partial charge in [0.1, 0.15) is 0 Å². The van der Waals surface area contributed by atoms with E-state index in [1.54, 1.807) is 11.1 Å². The Morgan fingerprint density at radius 3 is 2.94 bits per heavy atom. The van der Waals surface area contributed by atoms with Gasteiger partial charge in [0.25, 0.3) is 0 Å². The maximum atomic E-state index is 2.48. The lowest BCUT2D eigenvalue weighted by molar-refractivity contribution is 0.312. The molecule has 3 unspecified atom stereocenters. The second kappa shape index (κ2) is 3.48. The van der Waals surface area contributed by atoms with E-state index in [2.05, 4.69) is 50.3 Å². The summed E-state index contributed by atoms with van der Waals surface area (Å²) < 4.78 is 0. The molecule has 0 bridgehead atoms. The zero-order valence-corrected chi connectivity index (χ0v) is 10.2. The molecule has 0 aromatic heterocycles. The number of fused-ring (bicyclic) bond motifs is 3. The van der Waals surface area contributed by atoms with Crippen LogP contribution < -0.4 is 0 Å². The summed E-state index contributed by atoms with van der Waals surface area (Å²) in [5.41, 5.74) is 3.61. The summed E-state index contributed by atoms with van der Waals surface area (Å²) >= 11 is 0. The third-order valence-corrected chi connectivity index (χ3v) is 4.87. The van der Waals surface area contributed by atoms with Gasteiger partial charge in [0.2, 0.25) is 0 Å². The predicted octanol–water partition coefficient (Wildman–Crippen LogP) is 4.42. The second-order valence-electron chi connectivity index (χ2n) is 5.50. The first-order valence-corrected chi connectivity index (χ1v) is 6.53. The Morgan fingerprint density at radius 1 is 1.31 bits per heavy atom. The van der Waals surface area contributed by atoms with Crippen molar-refractivity contribution >= 4 is 0 Å². The molecule has 0 spiro atoms. The monoisotopic (exact) mass is 212 g/mol. The van der Waals surface area contributed by atoms with Crippen LogP contribution in [0.5, 0.6) is 0 Å². The van der Waals surface area contributed by atoms with Crippen molar-refractivity contribution in [1.82, 2.24) is 0 Å². The van der Waals surface area contributed by atoms with Gasteiger partial charge in [0, 0.05) is 0 Å². The van der Waals surface area contributed by atoms with Crippen LogP contribution in [0.4, 0.5) is 0 Å². The van der Waals surface area contributed by atoms with Crippen LogP contribution >= 0.6 is 0 Å². The summed E-state index contributed by atoms with van der Waals surface area (Å²) in [5, 5.41) is 0. The van der Waals surface area contributed by atoms with Crippen molar-refractivity contribution < 1.29 is 0 Å². The van der Waals surface area contributed by atoms with E-state index in [1.807, 2.05) is 0 Å². The molecular weight excluding hydrogens is 192 g/mol. The summed E-state index contributed by atoms with van der Waals surface area (Å²) in [6.07, 6.45) is 8.72. The largest absolute Gasteiger partial charge is 0.0882 e. The van der Waals surface area contributed by atoms with Gasteiger partial charge in [0.15, 0.2) is 0 Å². The molecule has 0 N–H and O–H groups in total. The minimum Gasteiger partial charge on any atom is -0.0882 e. The SMILES string of the molecule is CCC1(C)c2ccccc2C2CCC=CC21. The standard InChI is InChI=1S/C16H20/c1-3-16(2)14-10-6-4-8-12(14)13-9-5-7-11-15(13)16/h4,6-8,10-11,13,15H,3,5,9H2,1-2H3. The van der Waals surface area contributed by atoms with Crippen LogP contribution in [0.1, 0.15) is 50.2 Å². The van der Waals surface area contributed by atoms with Gasteiger partial charge < -0.3 is 0 Å². The van der Waals surface area contributed by atoms with E-state index in [4.69, 9.17) is 0 Å². The normalized spacial score (nSPS) is 35.9. The Balaban J connectivity index is 2.19. The second-order valence-corrected chi connectivity index (χ2v) is 5.50. The van der Waals surface area contributed by atoms with Crippen molar-refractivity contribution in [3.63, 3.8) is 0 Å². The molecule has 1 aromatic carbocycles. The highest BCUT2D eigenvalue weighted by atomic mass is 14.5. The fourth-order valence-corrected chi connectivity index (χ4v) is 3.78. The van der Waals surface area contributed by atoms with E-state index in [0.717, 1.165) is 11.8 Å². The van der Waals surface area contributed by atoms with Gasteiger partial charge in [-0.1, -0.05) is 50.3 Å². The van der Waals surface area contributed by atoms with E-state index < -0.39 is 0 Å². The van der Waals surface area contributed by atoms with Gasteiger partial charge >= 0.3 is 0 Å². The Bertz CT molecular complexity index is 429. The summed E-state index contributed by atoms with van der Waals surface area (Å²) in [5.74, 6) is 1.52. The highest BCUT2D eigenvalue weighted by Crippen LogP contribution is 2.55. The van der Waals surface area contributed by atoms with Gasteiger partial charge in [0.05, 0.1) is 0 Å². The summed E-state index contributed by atoms with van der Waals surface area (Å²) in [6.45, 7) is 4.79. The molecule has 0 saturated carbocycles. The number of hydrogen-bond donors (Lipinski definition) is 0. The molecule has 3 rings (SSSR count). The maximum absolute atomic E-state index is 2.48. The molecule has 0 amide bonds. The Hall–Kier alpha value is -1.04. The van der Waals surface area contributed by atoms with E-state index in [1.165, 1.54) is 19.3 Å². The molecule has 1 aromatic rings. The van der Waals surface area contributed by atoms with Crippen molar-refractivity contribution in [2.24, 2.45) is 5.92 Å². The first-order valence-electron chi connectivity index (χ1n) is 6.53. The van der Waals surface area contributed by atoms with Gasteiger partial charge in [-0.15, -0.1) is 0 Å². The van der Waals surface area contributed by atoms with Crippen molar-refractivity contribution in [2.75, 3.05) is 0 Å². The Labute approximate surface area is 98.4 Å². The zero-order valence-electron chi connectivity index (χ0n) is 10.2. The molecule has 3 atom stereocenters. The van der Waals surface area contributed by atoms with Gasteiger partial charge in [-0.05, 0) is 47.6 Å². The van der Waals surface area contributed by atoms with Crippen LogP contribution in [0, 0.1) is 5.92 Å². The minimum absolute atomic E-state index is 0.373. The lowest BCUT2D eigenvalue weighted by Gasteiger charge is -2.34. The highest BCUT2D eigenvalue weighted by molar-refractivity contribution is 5.46. The molecule has 0 heteroatoms. The van der Waals surface area contributed by atoms with Crippen LogP contribution in [0.15, 0.2) is 36.4 Å². The molecular formula is C16H20. The molecule has 0 radical (unpaired) electrons. The quantitative estimate of drug-likeness (QED) is 0.605. The molecule has 16 heavy (non-hydrogen) atoms. The number of benzene rings is 1. The van der Waals surface area contributed by atoms with Crippen LogP contribution in [0.25, 0.3) is 0 Å². The van der Waals surface area contributed by atoms with E-state index in [9.17, 15) is 0 Å². The van der Waals surface area contributed by atoms with Crippen LogP contribution in [-0.4, -0.2) is 0 Å². The fourth-order valence-electron chi connectivity index (χ4n) is 3.78. The summed E-state index contributed by atoms with van der Waals surface area (Å²) in [7, 11) is 0. The summed E-state index contributed by atoms with van der Waals surface area (Å²) in [4.78, 5) is 0. The van der Waals surface area contributed by atoms with Gasteiger partial charge in [-0.25, -0.2) is 0 Å². The smallest absolute Gasteiger partial charge is 0.000649 e. The van der Waals surface area contributed by atoms with Gasteiger partial charge in [-0.3, -0.25) is 0 Å². The summed E-state index contributed by atoms with van der Waals surface area (Å²) in [6, 6.07) is 9.11. The van der Waals surface area contributed by atoms with E-state index in [-0.39, 0.29) is 0 Å². The molecule has 2 aliphatic carbocycles. The maximum Gasteiger partial charge on any atom is -0.000649 e. The predicted molar refractivity (Wildman–Crippen MR) is 68.7 cm³/mol. The number of hydrogen-bond acceptors (Lipinski definition) is 0. The Kier molecular flexibility index (Phi) is 2.20. The molecule has 0 heterocycles.